The van der Waals surface area contributed by atoms with Gasteiger partial charge in [0.1, 0.15) is 0 Å². The largest absolute Gasteiger partial charge is 0.297 e. The summed E-state index contributed by atoms with van der Waals surface area (Å²) in [5, 5.41) is 4.58. The normalized spacial score (nSPS) is 22.1. The van der Waals surface area contributed by atoms with Crippen LogP contribution in [0.15, 0.2) is 4.47 Å². The van der Waals surface area contributed by atoms with Crippen LogP contribution in [0.4, 0.5) is 0 Å². The molecule has 0 aromatic carbocycles. The molecule has 102 valence electrons. The molecule has 1 aromatic heterocycles. The molecule has 1 saturated heterocycles. The topological polar surface area (TPSA) is 21.1 Å². The standard InChI is InChI=1S/C14H24BrN3/c1-4-12-14(15)13(17(3)16-12)10-18-8-5-6-11(2)7-9-18/h11H,4-10H2,1-3H3. The third-order valence-electron chi connectivity index (χ3n) is 3.99. The first kappa shape index (κ1) is 14.1. The van der Waals surface area contributed by atoms with Crippen molar-refractivity contribution in [2.24, 2.45) is 13.0 Å². The number of halogens is 1. The number of likely N-dealkylation sites (tertiary alicyclic amines) is 1. The van der Waals surface area contributed by atoms with Gasteiger partial charge in [-0.05, 0) is 60.6 Å². The van der Waals surface area contributed by atoms with Crippen LogP contribution in [0.5, 0.6) is 0 Å². The molecule has 0 N–H and O–H groups in total. The van der Waals surface area contributed by atoms with Gasteiger partial charge < -0.3 is 0 Å². The maximum Gasteiger partial charge on any atom is 0.0767 e. The Labute approximate surface area is 119 Å². The molecule has 1 fully saturated rings. The van der Waals surface area contributed by atoms with E-state index in [0.717, 1.165) is 18.9 Å². The Hall–Kier alpha value is -0.350. The Balaban J connectivity index is 2.06. The third kappa shape index (κ3) is 3.15. The van der Waals surface area contributed by atoms with Gasteiger partial charge in [-0.3, -0.25) is 9.58 Å². The van der Waals surface area contributed by atoms with Crippen LogP contribution in [0.2, 0.25) is 0 Å². The lowest BCUT2D eigenvalue weighted by Gasteiger charge is -2.20. The summed E-state index contributed by atoms with van der Waals surface area (Å²) in [6.45, 7) is 8.00. The summed E-state index contributed by atoms with van der Waals surface area (Å²) in [6, 6.07) is 0. The molecule has 1 unspecified atom stereocenters. The van der Waals surface area contributed by atoms with E-state index in [4.69, 9.17) is 0 Å². The monoisotopic (exact) mass is 313 g/mol. The highest BCUT2D eigenvalue weighted by molar-refractivity contribution is 9.10. The second-order valence-corrected chi connectivity index (χ2v) is 6.29. The fourth-order valence-electron chi connectivity index (χ4n) is 2.68. The molecule has 1 aromatic rings. The van der Waals surface area contributed by atoms with E-state index >= 15 is 0 Å². The summed E-state index contributed by atoms with van der Waals surface area (Å²) in [7, 11) is 2.06. The van der Waals surface area contributed by atoms with Crippen LogP contribution in [-0.4, -0.2) is 27.8 Å². The van der Waals surface area contributed by atoms with Crippen LogP contribution in [-0.2, 0) is 20.0 Å². The third-order valence-corrected chi connectivity index (χ3v) is 4.90. The van der Waals surface area contributed by atoms with Crippen molar-refractivity contribution in [3.63, 3.8) is 0 Å². The van der Waals surface area contributed by atoms with Gasteiger partial charge in [0.25, 0.3) is 0 Å². The number of rotatable bonds is 3. The lowest BCUT2D eigenvalue weighted by atomic mass is 10.0. The zero-order chi connectivity index (χ0) is 13.1. The summed E-state index contributed by atoms with van der Waals surface area (Å²) in [6.07, 6.45) is 5.03. The van der Waals surface area contributed by atoms with Gasteiger partial charge in [0, 0.05) is 13.6 Å². The maximum atomic E-state index is 4.58. The molecule has 0 saturated carbocycles. The molecule has 2 heterocycles. The van der Waals surface area contributed by atoms with Gasteiger partial charge in [-0.2, -0.15) is 5.10 Å². The van der Waals surface area contributed by atoms with Gasteiger partial charge >= 0.3 is 0 Å². The van der Waals surface area contributed by atoms with E-state index in [2.05, 4.69) is 46.8 Å². The number of aromatic nitrogens is 2. The van der Waals surface area contributed by atoms with E-state index < -0.39 is 0 Å². The van der Waals surface area contributed by atoms with Gasteiger partial charge in [-0.25, -0.2) is 0 Å². The second-order valence-electron chi connectivity index (χ2n) is 5.50. The smallest absolute Gasteiger partial charge is 0.0767 e. The molecule has 0 aliphatic carbocycles. The van der Waals surface area contributed by atoms with Crippen molar-refractivity contribution in [3.8, 4) is 0 Å². The highest BCUT2D eigenvalue weighted by atomic mass is 79.9. The molecule has 0 bridgehead atoms. The van der Waals surface area contributed by atoms with Crippen molar-refractivity contribution in [1.29, 1.82) is 0 Å². The van der Waals surface area contributed by atoms with Gasteiger partial charge in [-0.15, -0.1) is 0 Å². The molecule has 0 spiro atoms. The molecule has 18 heavy (non-hydrogen) atoms. The second kappa shape index (κ2) is 6.20. The first-order chi connectivity index (χ1) is 8.61. The van der Waals surface area contributed by atoms with E-state index in [9.17, 15) is 0 Å². The Morgan fingerprint density at radius 3 is 2.78 bits per heavy atom. The minimum atomic E-state index is 0.885. The fourth-order valence-corrected chi connectivity index (χ4v) is 3.43. The Morgan fingerprint density at radius 2 is 2.11 bits per heavy atom. The molecule has 4 heteroatoms. The van der Waals surface area contributed by atoms with Gasteiger partial charge in [0.2, 0.25) is 0 Å². The molecule has 3 nitrogen and oxygen atoms in total. The van der Waals surface area contributed by atoms with E-state index in [-0.39, 0.29) is 0 Å². The quantitative estimate of drug-likeness (QED) is 0.853. The summed E-state index contributed by atoms with van der Waals surface area (Å²) < 4.78 is 3.25. The van der Waals surface area contributed by atoms with Crippen LogP contribution in [0.3, 0.4) is 0 Å². The highest BCUT2D eigenvalue weighted by Crippen LogP contribution is 2.24. The van der Waals surface area contributed by atoms with Crippen molar-refractivity contribution in [2.45, 2.75) is 46.1 Å². The average molecular weight is 314 g/mol. The summed E-state index contributed by atoms with van der Waals surface area (Å²) in [4.78, 5) is 2.57. The molecule has 1 aliphatic rings. The van der Waals surface area contributed by atoms with Crippen LogP contribution >= 0.6 is 15.9 Å². The number of hydrogen-bond acceptors (Lipinski definition) is 2. The highest BCUT2D eigenvalue weighted by Gasteiger charge is 2.18. The zero-order valence-electron chi connectivity index (χ0n) is 11.7. The number of hydrogen-bond donors (Lipinski definition) is 0. The summed E-state index contributed by atoms with van der Waals surface area (Å²) >= 11 is 3.71. The Morgan fingerprint density at radius 1 is 1.33 bits per heavy atom. The zero-order valence-corrected chi connectivity index (χ0v) is 13.3. The van der Waals surface area contributed by atoms with E-state index in [0.29, 0.717) is 0 Å². The van der Waals surface area contributed by atoms with Crippen LogP contribution in [0.1, 0.15) is 44.5 Å². The first-order valence-electron chi connectivity index (χ1n) is 7.04. The van der Waals surface area contributed by atoms with Gasteiger partial charge in [-0.1, -0.05) is 13.8 Å². The predicted octanol–water partition coefficient (Wildman–Crippen LogP) is 3.37. The van der Waals surface area contributed by atoms with E-state index in [1.807, 2.05) is 4.68 Å². The summed E-state index contributed by atoms with van der Waals surface area (Å²) in [5.74, 6) is 0.885. The van der Waals surface area contributed by atoms with Gasteiger partial charge in [0.15, 0.2) is 0 Å². The van der Waals surface area contributed by atoms with Gasteiger partial charge in [0.05, 0.1) is 15.9 Å². The molecule has 0 radical (unpaired) electrons. The molecule has 1 aliphatic heterocycles. The first-order valence-corrected chi connectivity index (χ1v) is 7.83. The fraction of sp³-hybridized carbons (Fsp3) is 0.786. The van der Waals surface area contributed by atoms with Crippen molar-refractivity contribution < 1.29 is 0 Å². The Bertz CT molecular complexity index is 400. The minimum absolute atomic E-state index is 0.885. The Kier molecular flexibility index (Phi) is 4.84. The van der Waals surface area contributed by atoms with Crippen molar-refractivity contribution >= 4 is 15.9 Å². The van der Waals surface area contributed by atoms with Crippen LogP contribution in [0.25, 0.3) is 0 Å². The number of aryl methyl sites for hydroxylation is 2. The number of nitrogens with zero attached hydrogens (tertiary/aromatic N) is 3. The molecule has 2 rings (SSSR count). The summed E-state index contributed by atoms with van der Waals surface area (Å²) in [5.41, 5.74) is 2.50. The molecule has 0 amide bonds. The van der Waals surface area contributed by atoms with Crippen LogP contribution < -0.4 is 0 Å². The minimum Gasteiger partial charge on any atom is -0.297 e. The molecular weight excluding hydrogens is 290 g/mol. The van der Waals surface area contributed by atoms with Crippen molar-refractivity contribution in [3.05, 3.63) is 15.9 Å². The lowest BCUT2D eigenvalue weighted by molar-refractivity contribution is 0.266. The lowest BCUT2D eigenvalue weighted by Crippen LogP contribution is -2.25. The maximum absolute atomic E-state index is 4.58. The van der Waals surface area contributed by atoms with Crippen LogP contribution in [0, 0.1) is 5.92 Å². The van der Waals surface area contributed by atoms with E-state index in [1.165, 1.54) is 48.2 Å². The SMILES string of the molecule is CCc1nn(C)c(CN2CCCC(C)CC2)c1Br. The van der Waals surface area contributed by atoms with E-state index in [1.54, 1.807) is 0 Å². The molecule has 1 atom stereocenters. The van der Waals surface area contributed by atoms with Crippen molar-refractivity contribution in [1.82, 2.24) is 14.7 Å². The molecular formula is C14H24BrN3. The average Bonchev–Trinajstić information content (AvgIpc) is 2.53. The predicted molar refractivity (Wildman–Crippen MR) is 78.6 cm³/mol. The van der Waals surface area contributed by atoms with Crippen molar-refractivity contribution in [2.75, 3.05) is 13.1 Å².